The summed E-state index contributed by atoms with van der Waals surface area (Å²) in [7, 11) is -7.07. The van der Waals surface area contributed by atoms with E-state index in [1.807, 2.05) is 0 Å². The summed E-state index contributed by atoms with van der Waals surface area (Å²) in [5.74, 6) is -0.129. The maximum atomic E-state index is 12.9. The molecule has 0 radical (unpaired) electrons. The van der Waals surface area contributed by atoms with Crippen LogP contribution in [0.4, 0.5) is 5.69 Å². The number of anilines is 1. The highest BCUT2D eigenvalue weighted by Gasteiger charge is 2.33. The molecule has 3 rings (SSSR count). The van der Waals surface area contributed by atoms with Gasteiger partial charge < -0.3 is 0 Å². The number of ketones is 1. The lowest BCUT2D eigenvalue weighted by Crippen LogP contribution is -2.17. The summed E-state index contributed by atoms with van der Waals surface area (Å²) in [5, 5.41) is 4.29. The maximum absolute atomic E-state index is 12.9. The summed E-state index contributed by atoms with van der Waals surface area (Å²) in [6.07, 6.45) is 0.415. The van der Waals surface area contributed by atoms with Crippen LogP contribution < -0.4 is 4.72 Å². The SMILES string of the molecule is CC(=O)c1cccc(NS(=O)(=O)c2c(C)nn(C3CCS(=O)(=O)C3)c2C)c1. The van der Waals surface area contributed by atoms with Crippen molar-refractivity contribution in [3.63, 3.8) is 0 Å². The number of sulfone groups is 1. The monoisotopic (exact) mass is 411 g/mol. The average molecular weight is 412 g/mol. The van der Waals surface area contributed by atoms with Crippen LogP contribution in [-0.2, 0) is 19.9 Å². The summed E-state index contributed by atoms with van der Waals surface area (Å²) in [6, 6.07) is 5.87. The van der Waals surface area contributed by atoms with Crippen LogP contribution in [0.5, 0.6) is 0 Å². The van der Waals surface area contributed by atoms with Gasteiger partial charge in [0.05, 0.1) is 28.9 Å². The number of hydrogen-bond acceptors (Lipinski definition) is 6. The Morgan fingerprint density at radius 3 is 2.59 bits per heavy atom. The van der Waals surface area contributed by atoms with Crippen LogP contribution in [0.2, 0.25) is 0 Å². The van der Waals surface area contributed by atoms with Crippen molar-refractivity contribution in [2.45, 2.75) is 38.1 Å². The number of aromatic nitrogens is 2. The molecule has 1 fully saturated rings. The van der Waals surface area contributed by atoms with Crippen LogP contribution in [0.25, 0.3) is 0 Å². The van der Waals surface area contributed by atoms with Gasteiger partial charge >= 0.3 is 0 Å². The van der Waals surface area contributed by atoms with E-state index in [0.29, 0.717) is 23.4 Å². The highest BCUT2D eigenvalue weighted by molar-refractivity contribution is 7.92. The molecule has 0 spiro atoms. The first-order chi connectivity index (χ1) is 12.5. The summed E-state index contributed by atoms with van der Waals surface area (Å²) in [4.78, 5) is 11.5. The van der Waals surface area contributed by atoms with Crippen molar-refractivity contribution in [3.8, 4) is 0 Å². The number of rotatable bonds is 5. The molecule has 1 atom stereocenters. The molecule has 0 saturated carbocycles. The molecule has 146 valence electrons. The molecule has 0 aliphatic carbocycles. The van der Waals surface area contributed by atoms with E-state index in [0.717, 1.165) is 0 Å². The van der Waals surface area contributed by atoms with Crippen molar-refractivity contribution in [3.05, 3.63) is 41.2 Å². The van der Waals surface area contributed by atoms with E-state index in [4.69, 9.17) is 0 Å². The van der Waals surface area contributed by atoms with E-state index in [1.54, 1.807) is 32.0 Å². The molecule has 1 aliphatic heterocycles. The normalized spacial score (nSPS) is 19.1. The van der Waals surface area contributed by atoms with E-state index in [2.05, 4.69) is 9.82 Å². The lowest BCUT2D eigenvalue weighted by molar-refractivity contribution is 0.101. The van der Waals surface area contributed by atoms with Crippen LogP contribution in [0.1, 0.15) is 41.1 Å². The minimum absolute atomic E-state index is 0.0278. The molecular formula is C17H21N3O5S2. The zero-order valence-electron chi connectivity index (χ0n) is 15.3. The number of sulfonamides is 1. The summed E-state index contributed by atoms with van der Waals surface area (Å²) in [5.41, 5.74) is 1.37. The number of hydrogen-bond donors (Lipinski definition) is 1. The fraction of sp³-hybridized carbons (Fsp3) is 0.412. The van der Waals surface area contributed by atoms with Gasteiger partial charge in [0.25, 0.3) is 10.0 Å². The molecule has 1 aromatic heterocycles. The molecule has 1 saturated heterocycles. The van der Waals surface area contributed by atoms with Gasteiger partial charge in [0.2, 0.25) is 0 Å². The van der Waals surface area contributed by atoms with Gasteiger partial charge in [-0.15, -0.1) is 0 Å². The molecule has 2 heterocycles. The molecule has 2 aromatic rings. The molecular weight excluding hydrogens is 390 g/mol. The first kappa shape index (κ1) is 19.6. The molecule has 1 aliphatic rings. The van der Waals surface area contributed by atoms with E-state index in [9.17, 15) is 21.6 Å². The Balaban J connectivity index is 1.96. The van der Waals surface area contributed by atoms with Crippen LogP contribution in [-0.4, -0.2) is 43.9 Å². The predicted octanol–water partition coefficient (Wildman–Crippen LogP) is 1.86. The Hall–Kier alpha value is -2.20. The van der Waals surface area contributed by atoms with E-state index < -0.39 is 19.9 Å². The third-order valence-electron chi connectivity index (χ3n) is 4.60. The fourth-order valence-electron chi connectivity index (χ4n) is 3.37. The van der Waals surface area contributed by atoms with Crippen LogP contribution >= 0.6 is 0 Å². The number of nitrogens with zero attached hydrogens (tertiary/aromatic N) is 2. The molecule has 27 heavy (non-hydrogen) atoms. The minimum Gasteiger partial charge on any atom is -0.295 e. The van der Waals surface area contributed by atoms with Gasteiger partial charge in [-0.25, -0.2) is 16.8 Å². The van der Waals surface area contributed by atoms with Crippen molar-refractivity contribution < 1.29 is 21.6 Å². The maximum Gasteiger partial charge on any atom is 0.265 e. The third kappa shape index (κ3) is 3.91. The van der Waals surface area contributed by atoms with Crippen molar-refractivity contribution in [2.24, 2.45) is 0 Å². The summed E-state index contributed by atoms with van der Waals surface area (Å²) < 4.78 is 53.3. The number of benzene rings is 1. The zero-order chi connectivity index (χ0) is 20.0. The van der Waals surface area contributed by atoms with Crippen molar-refractivity contribution >= 4 is 31.3 Å². The zero-order valence-corrected chi connectivity index (χ0v) is 16.9. The second-order valence-corrected chi connectivity index (χ2v) is 10.6. The minimum atomic E-state index is -3.95. The average Bonchev–Trinajstić information content (AvgIpc) is 3.06. The molecule has 1 aromatic carbocycles. The van der Waals surface area contributed by atoms with Gasteiger partial charge in [-0.3, -0.25) is 14.2 Å². The van der Waals surface area contributed by atoms with Crippen LogP contribution in [0.3, 0.4) is 0 Å². The lowest BCUT2D eigenvalue weighted by atomic mass is 10.1. The summed E-state index contributed by atoms with van der Waals surface area (Å²) in [6.45, 7) is 4.60. The Kier molecular flexibility index (Phi) is 4.89. The van der Waals surface area contributed by atoms with Gasteiger partial charge in [0.15, 0.2) is 15.6 Å². The van der Waals surface area contributed by atoms with Crippen LogP contribution in [0.15, 0.2) is 29.2 Å². The second kappa shape index (κ2) is 6.75. The number of nitrogens with one attached hydrogen (secondary N) is 1. The number of aryl methyl sites for hydroxylation is 1. The van der Waals surface area contributed by atoms with Crippen molar-refractivity contribution in [2.75, 3.05) is 16.2 Å². The Morgan fingerprint density at radius 2 is 2.00 bits per heavy atom. The largest absolute Gasteiger partial charge is 0.295 e. The van der Waals surface area contributed by atoms with E-state index in [1.165, 1.54) is 17.7 Å². The standard InChI is InChI=1S/C17H21N3O5S2/c1-11-17(12(2)20(18-11)16-7-8-26(22,23)10-16)27(24,25)19-15-6-4-5-14(9-15)13(3)21/h4-6,9,16,19H,7-8,10H2,1-3H3. The smallest absolute Gasteiger partial charge is 0.265 e. The second-order valence-electron chi connectivity index (χ2n) is 6.74. The van der Waals surface area contributed by atoms with Crippen molar-refractivity contribution in [1.29, 1.82) is 0 Å². The Labute approximate surface area is 158 Å². The number of carbonyl (C=O) groups is 1. The van der Waals surface area contributed by atoms with Gasteiger partial charge in [0, 0.05) is 11.3 Å². The first-order valence-corrected chi connectivity index (χ1v) is 11.7. The summed E-state index contributed by atoms with van der Waals surface area (Å²) >= 11 is 0. The third-order valence-corrected chi connectivity index (χ3v) is 7.99. The molecule has 8 nitrogen and oxygen atoms in total. The van der Waals surface area contributed by atoms with Crippen LogP contribution in [0, 0.1) is 13.8 Å². The highest BCUT2D eigenvalue weighted by atomic mass is 32.2. The Bertz CT molecular complexity index is 1120. The van der Waals surface area contributed by atoms with Gasteiger partial charge in [-0.05, 0) is 39.3 Å². The van der Waals surface area contributed by atoms with E-state index in [-0.39, 0.29) is 33.9 Å². The molecule has 10 heteroatoms. The fourth-order valence-corrected chi connectivity index (χ4v) is 6.51. The lowest BCUT2D eigenvalue weighted by Gasteiger charge is -2.12. The van der Waals surface area contributed by atoms with Gasteiger partial charge in [0.1, 0.15) is 4.90 Å². The molecule has 0 amide bonds. The van der Waals surface area contributed by atoms with Crippen molar-refractivity contribution in [1.82, 2.24) is 9.78 Å². The van der Waals surface area contributed by atoms with Gasteiger partial charge in [-0.1, -0.05) is 12.1 Å². The highest BCUT2D eigenvalue weighted by Crippen LogP contribution is 2.29. The van der Waals surface area contributed by atoms with E-state index >= 15 is 0 Å². The number of Topliss-reactive ketones (excluding diaryl/α,β-unsaturated/α-hetero) is 1. The Morgan fingerprint density at radius 1 is 1.30 bits per heavy atom. The predicted molar refractivity (Wildman–Crippen MR) is 101 cm³/mol. The quantitative estimate of drug-likeness (QED) is 0.751. The topological polar surface area (TPSA) is 115 Å². The first-order valence-electron chi connectivity index (χ1n) is 8.40. The van der Waals surface area contributed by atoms with Gasteiger partial charge in [-0.2, -0.15) is 5.10 Å². The molecule has 1 unspecified atom stereocenters. The molecule has 0 bridgehead atoms. The number of carbonyl (C=O) groups excluding carboxylic acids is 1. The molecule has 1 N–H and O–H groups in total.